The molecule has 4 rings (SSSR count). The Labute approximate surface area is 190 Å². The van der Waals surface area contributed by atoms with Gasteiger partial charge in [0.05, 0.1) is 11.9 Å². The van der Waals surface area contributed by atoms with Crippen molar-refractivity contribution in [3.63, 3.8) is 0 Å². The second-order valence-electron chi connectivity index (χ2n) is 7.86. The summed E-state index contributed by atoms with van der Waals surface area (Å²) in [6.07, 6.45) is -2.28. The lowest BCUT2D eigenvalue weighted by molar-refractivity contribution is -0.148. The maximum absolute atomic E-state index is 13.7. The van der Waals surface area contributed by atoms with E-state index in [1.165, 1.54) is 28.2 Å². The summed E-state index contributed by atoms with van der Waals surface area (Å²) >= 11 is -1.77. The van der Waals surface area contributed by atoms with Crippen LogP contribution in [0, 0.1) is 5.82 Å². The molecule has 0 spiro atoms. The number of rotatable bonds is 7. The first-order valence-corrected chi connectivity index (χ1v) is 11.3. The second kappa shape index (κ2) is 9.40. The van der Waals surface area contributed by atoms with Gasteiger partial charge in [-0.15, -0.1) is 0 Å². The number of aromatic nitrogens is 1. The molecule has 1 aliphatic heterocycles. The fourth-order valence-corrected chi connectivity index (χ4v) is 4.73. The molecule has 1 aliphatic rings. The molecule has 2 aromatic carbocycles. The Bertz CT molecular complexity index is 1120. The second-order valence-corrected chi connectivity index (χ2v) is 9.23. The molecule has 0 radical (unpaired) electrons. The zero-order chi connectivity index (χ0) is 23.8. The first kappa shape index (κ1) is 23.7. The molecule has 0 N–H and O–H groups in total. The average Bonchev–Trinajstić information content (AvgIpc) is 3.20. The molecule has 33 heavy (non-hydrogen) atoms. The summed E-state index contributed by atoms with van der Waals surface area (Å²) in [4.78, 5) is 4.30. The third kappa shape index (κ3) is 5.04. The maximum Gasteiger partial charge on any atom is 0.340 e. The summed E-state index contributed by atoms with van der Waals surface area (Å²) in [5.74, 6) is -4.76. The van der Waals surface area contributed by atoms with Crippen LogP contribution in [0.3, 0.4) is 0 Å². The molecule has 0 amide bonds. The quantitative estimate of drug-likeness (QED) is 0.367. The number of benzene rings is 2. The van der Waals surface area contributed by atoms with E-state index < -0.39 is 36.1 Å². The number of piperazine rings is 1. The third-order valence-electron chi connectivity index (χ3n) is 5.51. The Balaban J connectivity index is 1.67. The van der Waals surface area contributed by atoms with Gasteiger partial charge in [-0.3, -0.25) is 0 Å². The molecule has 1 unspecified atom stereocenters. The standard InChI is InChI=1S/C22H22F5N3O2S/c1-28-8-10-29(11-9-28)19-13-17(4-5-20(19)32-14-22(26,27)21(24)25)33(31)30-7-6-15-2-3-16(23)12-18(15)30/h2-7,12-13,21H,8-11,14H2,1H3. The normalized spacial score (nSPS) is 16.5. The van der Waals surface area contributed by atoms with Crippen LogP contribution in [-0.2, 0) is 11.4 Å². The highest BCUT2D eigenvalue weighted by Gasteiger charge is 2.42. The van der Waals surface area contributed by atoms with E-state index in [4.69, 9.17) is 4.74 Å². The van der Waals surface area contributed by atoms with Gasteiger partial charge in [0, 0.05) is 43.7 Å². The highest BCUT2D eigenvalue weighted by Crippen LogP contribution is 2.35. The van der Waals surface area contributed by atoms with Gasteiger partial charge in [0.25, 0.3) is 0 Å². The minimum Gasteiger partial charge on any atom is -0.587 e. The first-order chi connectivity index (χ1) is 15.7. The molecule has 1 atom stereocenters. The zero-order valence-electron chi connectivity index (χ0n) is 17.7. The molecule has 1 saturated heterocycles. The van der Waals surface area contributed by atoms with Crippen LogP contribution in [-0.4, -0.2) is 65.6 Å². The molecule has 1 fully saturated rings. The van der Waals surface area contributed by atoms with Crippen LogP contribution in [0.5, 0.6) is 5.75 Å². The van der Waals surface area contributed by atoms with E-state index in [1.807, 2.05) is 11.9 Å². The van der Waals surface area contributed by atoms with Crippen LogP contribution in [0.1, 0.15) is 0 Å². The summed E-state index contributed by atoms with van der Waals surface area (Å²) in [6.45, 7) is 1.01. The lowest BCUT2D eigenvalue weighted by Gasteiger charge is -2.35. The lowest BCUT2D eigenvalue weighted by Crippen LogP contribution is -2.44. The van der Waals surface area contributed by atoms with E-state index in [-0.39, 0.29) is 5.75 Å². The number of fused-ring (bicyclic) bond motifs is 1. The summed E-state index contributed by atoms with van der Waals surface area (Å²) in [5.41, 5.74) is 0.827. The predicted molar refractivity (Wildman–Crippen MR) is 116 cm³/mol. The first-order valence-electron chi connectivity index (χ1n) is 10.2. The smallest absolute Gasteiger partial charge is 0.340 e. The van der Waals surface area contributed by atoms with E-state index in [1.54, 1.807) is 24.4 Å². The number of likely N-dealkylation sites (N-methyl/N-ethyl adjacent to an activating group) is 1. The molecule has 3 aromatic rings. The van der Waals surface area contributed by atoms with Gasteiger partial charge < -0.3 is 19.1 Å². The number of halogens is 5. The number of hydrogen-bond acceptors (Lipinski definition) is 4. The zero-order valence-corrected chi connectivity index (χ0v) is 18.5. The van der Waals surface area contributed by atoms with E-state index in [9.17, 15) is 26.5 Å². The van der Waals surface area contributed by atoms with Gasteiger partial charge in [-0.05, 0) is 37.4 Å². The molecule has 0 aliphatic carbocycles. The Morgan fingerprint density at radius 3 is 2.48 bits per heavy atom. The minimum atomic E-state index is -4.30. The number of hydrogen-bond donors (Lipinski definition) is 0. The van der Waals surface area contributed by atoms with Crippen molar-refractivity contribution in [1.29, 1.82) is 0 Å². The van der Waals surface area contributed by atoms with E-state index in [2.05, 4.69) is 4.90 Å². The Kier molecular flexibility index (Phi) is 6.73. The summed E-state index contributed by atoms with van der Waals surface area (Å²) < 4.78 is 85.6. The van der Waals surface area contributed by atoms with Gasteiger partial charge >= 0.3 is 12.3 Å². The van der Waals surface area contributed by atoms with Crippen LogP contribution in [0.15, 0.2) is 53.6 Å². The number of anilines is 1. The molecule has 0 saturated carbocycles. The van der Waals surface area contributed by atoms with E-state index >= 15 is 0 Å². The van der Waals surface area contributed by atoms with Gasteiger partial charge in [0.1, 0.15) is 28.4 Å². The van der Waals surface area contributed by atoms with Crippen LogP contribution in [0.25, 0.3) is 10.9 Å². The highest BCUT2D eigenvalue weighted by atomic mass is 32.2. The Morgan fingerprint density at radius 1 is 1.06 bits per heavy atom. The van der Waals surface area contributed by atoms with Crippen LogP contribution in [0.4, 0.5) is 27.6 Å². The molecule has 2 heterocycles. The van der Waals surface area contributed by atoms with Gasteiger partial charge in [0.2, 0.25) is 0 Å². The van der Waals surface area contributed by atoms with Gasteiger partial charge in [0.15, 0.2) is 11.5 Å². The van der Waals surface area contributed by atoms with Crippen LogP contribution in [0.2, 0.25) is 0 Å². The summed E-state index contributed by atoms with van der Waals surface area (Å²) in [7, 11) is 1.94. The van der Waals surface area contributed by atoms with Crippen LogP contribution < -0.4 is 9.64 Å². The molecule has 0 bridgehead atoms. The number of nitrogens with zero attached hydrogens (tertiary/aromatic N) is 3. The Morgan fingerprint density at radius 2 is 1.79 bits per heavy atom. The molecule has 11 heteroatoms. The topological polar surface area (TPSA) is 43.7 Å². The van der Waals surface area contributed by atoms with Crippen molar-refractivity contribution in [2.45, 2.75) is 17.2 Å². The third-order valence-corrected chi connectivity index (χ3v) is 6.85. The number of ether oxygens (including phenoxy) is 1. The largest absolute Gasteiger partial charge is 0.587 e. The minimum absolute atomic E-state index is 0.00374. The lowest BCUT2D eigenvalue weighted by atomic mass is 10.2. The van der Waals surface area contributed by atoms with Crippen molar-refractivity contribution >= 4 is 28.0 Å². The van der Waals surface area contributed by atoms with E-state index in [0.29, 0.717) is 47.7 Å². The molecule has 5 nitrogen and oxygen atoms in total. The molecular weight excluding hydrogens is 465 g/mol. The van der Waals surface area contributed by atoms with Crippen molar-refractivity contribution in [3.05, 3.63) is 54.5 Å². The molecule has 1 aromatic heterocycles. The van der Waals surface area contributed by atoms with Crippen molar-refractivity contribution < 1.29 is 31.2 Å². The van der Waals surface area contributed by atoms with Gasteiger partial charge in [-0.1, -0.05) is 0 Å². The molecule has 178 valence electrons. The average molecular weight is 487 g/mol. The number of alkyl halides is 4. The van der Waals surface area contributed by atoms with Gasteiger partial charge in [-0.25, -0.2) is 13.2 Å². The van der Waals surface area contributed by atoms with Crippen molar-refractivity contribution in [3.8, 4) is 5.75 Å². The Hall–Kier alpha value is -2.50. The van der Waals surface area contributed by atoms with Gasteiger partial charge in [-0.2, -0.15) is 12.8 Å². The van der Waals surface area contributed by atoms with Crippen LogP contribution >= 0.6 is 0 Å². The van der Waals surface area contributed by atoms with E-state index in [0.717, 1.165) is 0 Å². The fraction of sp³-hybridized carbons (Fsp3) is 0.364. The SMILES string of the molecule is CN1CCN(c2cc([S+]([O-])n3ccc4ccc(F)cc43)ccc2OCC(F)(F)C(F)F)CC1. The summed E-state index contributed by atoms with van der Waals surface area (Å²) in [6, 6.07) is 10.2. The molecular formula is C22H22F5N3O2S. The summed E-state index contributed by atoms with van der Waals surface area (Å²) in [5, 5.41) is 0.707. The predicted octanol–water partition coefficient (Wildman–Crippen LogP) is 4.38. The van der Waals surface area contributed by atoms with Crippen molar-refractivity contribution in [2.75, 3.05) is 44.7 Å². The highest BCUT2D eigenvalue weighted by molar-refractivity contribution is 7.90. The van der Waals surface area contributed by atoms with Crippen molar-refractivity contribution in [2.24, 2.45) is 0 Å². The van der Waals surface area contributed by atoms with Crippen molar-refractivity contribution in [1.82, 2.24) is 8.87 Å². The maximum atomic E-state index is 13.7. The fourth-order valence-electron chi connectivity index (χ4n) is 3.59. The monoisotopic (exact) mass is 487 g/mol.